The highest BCUT2D eigenvalue weighted by atomic mass is 35.5. The van der Waals surface area contributed by atoms with E-state index >= 15 is 0 Å². The molecular weight excluding hydrogens is 1380 g/mol. The molecule has 0 atom stereocenters. The van der Waals surface area contributed by atoms with E-state index in [0.717, 1.165) is 69.9 Å². The monoisotopic (exact) mass is 1510 g/mol. The number of aromatic nitrogens is 9. The summed E-state index contributed by atoms with van der Waals surface area (Å²) < 4.78 is 73.4. The zero-order valence-corrected chi connectivity index (χ0v) is 72.2. The minimum Gasteiger partial charge on any atom is -0.261 e. The molecule has 1 aliphatic rings. The van der Waals surface area contributed by atoms with Crippen molar-refractivity contribution in [3.05, 3.63) is 266 Å². The number of rotatable bonds is 2. The van der Waals surface area contributed by atoms with E-state index in [1.165, 1.54) is 64.2 Å². The Morgan fingerprint density at radius 1 is 0.315 bits per heavy atom. The standard InChI is InChI=1S/C12H17N.C11H17N.2C10H12F3N.4C10H15N.C9H12ClN/c1-12(2,3)11-8-10(6-7-13-11)9-4-5-9;1-5-9-6-7-12-10(8-9)11(2,3)4;1-9(2,3)8-5-4-7(6-14-8)10(11,12)13;1-9(2,3)7-5-4-6-8(14-7)10(11,12)13;3*1-8-5-6-11-9(7-8)10(2,3)4;1-8-6-5-7-9(11-8)10(2,3)4;1-9(2,3)8-6-7(10)4-5-11-8/h6-9H,4-5H2,1-3H3;6-8H,5H2,1-4H3;2*4-6H,1-3H3;4*5-7H,1-4H3;4-6H,1-3H3. The third-order valence-corrected chi connectivity index (χ3v) is 16.7. The molecule has 0 radical (unpaired) electrons. The maximum Gasteiger partial charge on any atom is 0.433 e. The number of halogens is 7. The van der Waals surface area contributed by atoms with Crippen LogP contribution in [0, 0.1) is 27.7 Å². The molecular formula is C92H130ClF6N9. The van der Waals surface area contributed by atoms with Gasteiger partial charge in [-0.2, -0.15) is 26.3 Å². The summed E-state index contributed by atoms with van der Waals surface area (Å²) in [7, 11) is 0. The highest BCUT2D eigenvalue weighted by Crippen LogP contribution is 2.41. The Hall–Kier alpha value is -7.78. The van der Waals surface area contributed by atoms with E-state index in [-0.39, 0.29) is 48.7 Å². The molecule has 9 aromatic heterocycles. The highest BCUT2D eigenvalue weighted by molar-refractivity contribution is 6.30. The van der Waals surface area contributed by atoms with Crippen LogP contribution < -0.4 is 0 Å². The van der Waals surface area contributed by atoms with Crippen LogP contribution in [0.2, 0.25) is 5.02 Å². The molecule has 0 aliphatic heterocycles. The summed E-state index contributed by atoms with van der Waals surface area (Å²) >= 11 is 5.81. The first-order chi connectivity index (χ1) is 49.0. The fourth-order valence-corrected chi connectivity index (χ4v) is 9.42. The highest BCUT2D eigenvalue weighted by Gasteiger charge is 2.34. The molecule has 0 bridgehead atoms. The lowest BCUT2D eigenvalue weighted by Gasteiger charge is -2.18. The number of alkyl halides is 6. The van der Waals surface area contributed by atoms with E-state index in [2.05, 4.69) is 273 Å². The SMILES string of the molecule is CC(C)(C)c1cc(C2CC2)ccn1.CC(C)(C)c1cc(Cl)ccn1.CC(C)(C)c1ccc(C(F)(F)F)cn1.CC(C)(C)c1cccc(C(F)(F)F)n1.CCc1ccnc(C(C)(C)C)c1.Cc1cccc(C(C)(C)C)n1.Cc1ccnc(C(C)(C)C)c1.Cc1ccnc(C(C)(C)C)c1.Cc1ccnc(C(C)(C)C)c1. The smallest absolute Gasteiger partial charge is 0.261 e. The normalized spacial score (nSPS) is 12.7. The van der Waals surface area contributed by atoms with E-state index in [1.807, 2.05) is 110 Å². The maximum absolute atomic E-state index is 12.3. The van der Waals surface area contributed by atoms with Crippen LogP contribution in [0.4, 0.5) is 26.3 Å². The van der Waals surface area contributed by atoms with Crippen molar-refractivity contribution in [1.29, 1.82) is 0 Å². The van der Waals surface area contributed by atoms with Crippen molar-refractivity contribution in [2.75, 3.05) is 0 Å². The van der Waals surface area contributed by atoms with E-state index in [1.54, 1.807) is 18.3 Å². The molecule has 0 saturated heterocycles. The van der Waals surface area contributed by atoms with Crippen molar-refractivity contribution in [3.8, 4) is 0 Å². The largest absolute Gasteiger partial charge is 0.433 e. The molecule has 0 spiro atoms. The zero-order valence-electron chi connectivity index (χ0n) is 71.5. The van der Waals surface area contributed by atoms with Gasteiger partial charge < -0.3 is 0 Å². The summed E-state index contributed by atoms with van der Waals surface area (Å²) in [5.74, 6) is 0.837. The number of aryl methyl sites for hydroxylation is 5. The molecule has 592 valence electrons. The third-order valence-electron chi connectivity index (χ3n) is 16.5. The van der Waals surface area contributed by atoms with E-state index in [4.69, 9.17) is 11.6 Å². The summed E-state index contributed by atoms with van der Waals surface area (Å²) in [6.07, 6.45) is 7.25. The first kappa shape index (κ1) is 96.3. The van der Waals surface area contributed by atoms with Crippen molar-refractivity contribution >= 4 is 11.6 Å². The molecule has 1 saturated carbocycles. The minimum atomic E-state index is -4.36. The Labute approximate surface area is 652 Å². The molecule has 0 amide bonds. The van der Waals surface area contributed by atoms with Crippen molar-refractivity contribution in [2.45, 2.75) is 308 Å². The molecule has 9 heterocycles. The zero-order chi connectivity index (χ0) is 83.0. The van der Waals surface area contributed by atoms with Crippen molar-refractivity contribution in [3.63, 3.8) is 0 Å². The van der Waals surface area contributed by atoms with Crippen LogP contribution in [-0.2, 0) is 67.5 Å². The van der Waals surface area contributed by atoms with Crippen LogP contribution >= 0.6 is 11.6 Å². The molecule has 9 nitrogen and oxygen atoms in total. The average Bonchev–Trinajstić information content (AvgIpc) is 1.14. The third kappa shape index (κ3) is 37.6. The van der Waals surface area contributed by atoms with E-state index < -0.39 is 23.6 Å². The van der Waals surface area contributed by atoms with Crippen LogP contribution in [-0.4, -0.2) is 44.9 Å². The molecule has 1 fully saturated rings. The summed E-state index contributed by atoms with van der Waals surface area (Å²) in [4.78, 5) is 37.8. The molecule has 10 rings (SSSR count). The van der Waals surface area contributed by atoms with Crippen molar-refractivity contribution in [2.24, 2.45) is 0 Å². The number of pyridine rings is 9. The first-order valence-electron chi connectivity index (χ1n) is 37.4. The topological polar surface area (TPSA) is 116 Å². The summed E-state index contributed by atoms with van der Waals surface area (Å²) in [5.41, 5.74) is 16.0. The van der Waals surface area contributed by atoms with Gasteiger partial charge in [-0.1, -0.05) is 218 Å². The van der Waals surface area contributed by atoms with Gasteiger partial charge in [-0.05, 0) is 190 Å². The van der Waals surface area contributed by atoms with Gasteiger partial charge in [-0.3, -0.25) is 39.9 Å². The van der Waals surface area contributed by atoms with Crippen molar-refractivity contribution < 1.29 is 26.3 Å². The molecule has 1 aliphatic carbocycles. The maximum atomic E-state index is 12.3. The van der Waals surface area contributed by atoms with Gasteiger partial charge in [0.2, 0.25) is 0 Å². The second kappa shape index (κ2) is 40.2. The Bertz CT molecular complexity index is 3750. The lowest BCUT2D eigenvalue weighted by Crippen LogP contribution is -2.17. The van der Waals surface area contributed by atoms with Crippen LogP contribution in [0.5, 0.6) is 0 Å². The molecule has 0 unspecified atom stereocenters. The van der Waals surface area contributed by atoms with E-state index in [0.29, 0.717) is 11.4 Å². The molecule has 0 N–H and O–H groups in total. The Balaban J connectivity index is 0.000000413. The second-order valence-electron chi connectivity index (χ2n) is 36.9. The van der Waals surface area contributed by atoms with Crippen molar-refractivity contribution in [1.82, 2.24) is 44.9 Å². The summed E-state index contributed by atoms with van der Waals surface area (Å²) in [6.45, 7) is 67.3. The summed E-state index contributed by atoms with van der Waals surface area (Å²) in [5, 5.41) is 0.755. The first-order valence-corrected chi connectivity index (χ1v) is 37.8. The minimum absolute atomic E-state index is 0.0882. The predicted molar refractivity (Wildman–Crippen MR) is 442 cm³/mol. The average molecular weight is 1510 g/mol. The Morgan fingerprint density at radius 3 is 0.926 bits per heavy atom. The number of nitrogens with zero attached hydrogens (tertiary/aromatic N) is 9. The van der Waals surface area contributed by atoms with Crippen LogP contribution in [0.1, 0.15) is 309 Å². The van der Waals surface area contributed by atoms with Gasteiger partial charge in [0.15, 0.2) is 0 Å². The van der Waals surface area contributed by atoms with Gasteiger partial charge in [-0.15, -0.1) is 0 Å². The Morgan fingerprint density at radius 2 is 0.639 bits per heavy atom. The number of hydrogen-bond donors (Lipinski definition) is 0. The Kier molecular flexibility index (Phi) is 35.9. The van der Waals surface area contributed by atoms with Crippen LogP contribution in [0.15, 0.2) is 165 Å². The van der Waals surface area contributed by atoms with Gasteiger partial charge in [0.1, 0.15) is 5.69 Å². The number of hydrogen-bond acceptors (Lipinski definition) is 9. The van der Waals surface area contributed by atoms with Gasteiger partial charge in [0.25, 0.3) is 0 Å². The quantitative estimate of drug-likeness (QED) is 0.156. The molecule has 9 aromatic rings. The lowest BCUT2D eigenvalue weighted by molar-refractivity contribution is -0.141. The van der Waals surface area contributed by atoms with Crippen LogP contribution in [0.25, 0.3) is 0 Å². The molecule has 0 aromatic carbocycles. The fourth-order valence-electron chi connectivity index (χ4n) is 9.26. The molecule has 108 heavy (non-hydrogen) atoms. The van der Waals surface area contributed by atoms with E-state index in [9.17, 15) is 26.3 Å². The summed E-state index contributed by atoms with van der Waals surface area (Å²) in [6, 6.07) is 37.5. The fraction of sp³-hybridized carbons (Fsp3) is 0.511. The van der Waals surface area contributed by atoms with Gasteiger partial charge in [-0.25, -0.2) is 4.98 Å². The van der Waals surface area contributed by atoms with Crippen LogP contribution in [0.3, 0.4) is 0 Å². The lowest BCUT2D eigenvalue weighted by atomic mass is 9.90. The predicted octanol–water partition coefficient (Wildman–Crippen LogP) is 26.8. The van der Waals surface area contributed by atoms with Gasteiger partial charge in [0, 0.05) is 154 Å². The van der Waals surface area contributed by atoms with Gasteiger partial charge in [0.05, 0.1) is 5.56 Å². The van der Waals surface area contributed by atoms with Gasteiger partial charge >= 0.3 is 12.4 Å². The second-order valence-corrected chi connectivity index (χ2v) is 37.4. The molecule has 16 heteroatoms.